The zero-order chi connectivity index (χ0) is 13.2. The summed E-state index contributed by atoms with van der Waals surface area (Å²) in [5.74, 6) is -0.0911. The Kier molecular flexibility index (Phi) is 3.27. The molecule has 7 heteroatoms. The minimum absolute atomic E-state index is 0.0911. The molecule has 1 fully saturated rings. The summed E-state index contributed by atoms with van der Waals surface area (Å²) in [5.41, 5.74) is 1.13. The topological polar surface area (TPSA) is 72.7 Å². The molecule has 1 aliphatic heterocycles. The number of rotatable bonds is 4. The normalized spacial score (nSPS) is 15.2. The fourth-order valence-corrected chi connectivity index (χ4v) is 2.04. The van der Waals surface area contributed by atoms with Gasteiger partial charge in [-0.15, -0.1) is 5.10 Å². The summed E-state index contributed by atoms with van der Waals surface area (Å²) in [6.07, 6.45) is 5.05. The zero-order valence-electron chi connectivity index (χ0n) is 10.1. The lowest BCUT2D eigenvalue weighted by Crippen LogP contribution is -2.43. The highest BCUT2D eigenvalue weighted by molar-refractivity contribution is 6.31. The van der Waals surface area contributed by atoms with Crippen molar-refractivity contribution in [1.29, 1.82) is 0 Å². The van der Waals surface area contributed by atoms with Crippen LogP contribution < -0.4 is 5.32 Å². The Bertz CT molecular complexity index is 608. The smallest absolute Gasteiger partial charge is 0.189 e. The van der Waals surface area contributed by atoms with E-state index in [2.05, 4.69) is 20.6 Å². The summed E-state index contributed by atoms with van der Waals surface area (Å²) >= 11 is 5.98. The third-order valence-electron chi connectivity index (χ3n) is 3.14. The second-order valence-electron chi connectivity index (χ2n) is 4.46. The van der Waals surface area contributed by atoms with E-state index in [0.29, 0.717) is 16.8 Å². The molecular formula is C12H12ClN5O. The van der Waals surface area contributed by atoms with Gasteiger partial charge in [0.25, 0.3) is 0 Å². The number of hydrogen-bond acceptors (Lipinski definition) is 5. The van der Waals surface area contributed by atoms with Gasteiger partial charge in [0, 0.05) is 31.9 Å². The lowest BCUT2D eigenvalue weighted by Gasteiger charge is -2.26. The molecule has 19 heavy (non-hydrogen) atoms. The third kappa shape index (κ3) is 2.50. The maximum atomic E-state index is 12.1. The first-order valence-electron chi connectivity index (χ1n) is 5.98. The highest BCUT2D eigenvalue weighted by Gasteiger charge is 2.21. The van der Waals surface area contributed by atoms with Crippen LogP contribution in [0.3, 0.4) is 0 Å². The average molecular weight is 278 g/mol. The fourth-order valence-electron chi connectivity index (χ4n) is 1.85. The van der Waals surface area contributed by atoms with E-state index in [1.54, 1.807) is 23.1 Å². The molecule has 0 spiro atoms. The van der Waals surface area contributed by atoms with Crippen LogP contribution in [0.5, 0.6) is 0 Å². The number of ketones is 1. The molecule has 0 radical (unpaired) electrons. The molecule has 3 rings (SSSR count). The van der Waals surface area contributed by atoms with Gasteiger partial charge < -0.3 is 5.32 Å². The average Bonchev–Trinajstić information content (AvgIpc) is 2.79. The van der Waals surface area contributed by atoms with Crippen molar-refractivity contribution in [3.63, 3.8) is 0 Å². The summed E-state index contributed by atoms with van der Waals surface area (Å²) < 4.78 is 1.73. The minimum Gasteiger partial charge on any atom is -0.312 e. The van der Waals surface area contributed by atoms with Gasteiger partial charge in [0.1, 0.15) is 5.69 Å². The molecule has 98 valence electrons. The number of Topliss-reactive ketones (excluding diaryl/α,β-unsaturated/α-hetero) is 1. The first-order chi connectivity index (χ1) is 9.24. The predicted octanol–water partition coefficient (Wildman–Crippen LogP) is 0.896. The minimum atomic E-state index is -0.0911. The van der Waals surface area contributed by atoms with E-state index in [0.717, 1.165) is 18.7 Å². The highest BCUT2D eigenvalue weighted by atomic mass is 35.5. The van der Waals surface area contributed by atoms with Crippen molar-refractivity contribution < 1.29 is 4.79 Å². The van der Waals surface area contributed by atoms with E-state index < -0.39 is 0 Å². The summed E-state index contributed by atoms with van der Waals surface area (Å²) in [7, 11) is 0. The number of carbonyl (C=O) groups excluding carboxylic acids is 1. The van der Waals surface area contributed by atoms with Crippen LogP contribution in [-0.2, 0) is 6.42 Å². The Morgan fingerprint density at radius 3 is 3.05 bits per heavy atom. The lowest BCUT2D eigenvalue weighted by molar-refractivity contribution is 0.0988. The van der Waals surface area contributed by atoms with E-state index in [4.69, 9.17) is 11.6 Å². The monoisotopic (exact) mass is 277 g/mol. The molecular weight excluding hydrogens is 266 g/mol. The molecule has 0 saturated carbocycles. The molecule has 1 aliphatic rings. The molecule has 0 unspecified atom stereocenters. The molecule has 0 aliphatic carbocycles. The van der Waals surface area contributed by atoms with E-state index in [-0.39, 0.29) is 12.2 Å². The number of carbonyl (C=O) groups is 1. The Hall–Kier alpha value is -1.79. The van der Waals surface area contributed by atoms with Crippen LogP contribution in [-0.4, -0.2) is 38.9 Å². The number of pyridine rings is 1. The standard InChI is InChI=1S/C12H12ClN5O/c13-10-6-14-2-1-8(10)3-12(19)11-7-18(17-16-11)9-4-15-5-9/h1-2,6-7,9,15H,3-5H2. The van der Waals surface area contributed by atoms with Gasteiger partial charge in [-0.25, -0.2) is 4.68 Å². The van der Waals surface area contributed by atoms with Crippen molar-refractivity contribution in [3.05, 3.63) is 40.9 Å². The quantitative estimate of drug-likeness (QED) is 0.841. The van der Waals surface area contributed by atoms with E-state index >= 15 is 0 Å². The van der Waals surface area contributed by atoms with Gasteiger partial charge in [0.15, 0.2) is 5.78 Å². The highest BCUT2D eigenvalue weighted by Crippen LogP contribution is 2.16. The van der Waals surface area contributed by atoms with Crippen molar-refractivity contribution >= 4 is 17.4 Å². The maximum absolute atomic E-state index is 12.1. The second kappa shape index (κ2) is 5.07. The van der Waals surface area contributed by atoms with Gasteiger partial charge in [-0.2, -0.15) is 0 Å². The first-order valence-corrected chi connectivity index (χ1v) is 6.36. The fraction of sp³-hybridized carbons (Fsp3) is 0.333. The Morgan fingerprint density at radius 2 is 2.37 bits per heavy atom. The third-order valence-corrected chi connectivity index (χ3v) is 3.48. The maximum Gasteiger partial charge on any atom is 0.189 e. The number of hydrogen-bond donors (Lipinski definition) is 1. The number of aromatic nitrogens is 4. The molecule has 1 N–H and O–H groups in total. The number of nitrogens with zero attached hydrogens (tertiary/aromatic N) is 4. The van der Waals surface area contributed by atoms with Crippen LogP contribution in [0.1, 0.15) is 22.1 Å². The van der Waals surface area contributed by atoms with Crippen LogP contribution in [0.15, 0.2) is 24.7 Å². The van der Waals surface area contributed by atoms with Crippen LogP contribution >= 0.6 is 11.6 Å². The zero-order valence-corrected chi connectivity index (χ0v) is 10.8. The molecule has 0 aromatic carbocycles. The van der Waals surface area contributed by atoms with Gasteiger partial charge in [0.2, 0.25) is 0 Å². The van der Waals surface area contributed by atoms with Crippen molar-refractivity contribution in [3.8, 4) is 0 Å². The van der Waals surface area contributed by atoms with Crippen LogP contribution in [0.4, 0.5) is 0 Å². The van der Waals surface area contributed by atoms with Crippen LogP contribution in [0, 0.1) is 0 Å². The molecule has 0 bridgehead atoms. The first kappa shape index (κ1) is 12.3. The Labute approximate surface area is 114 Å². The summed E-state index contributed by atoms with van der Waals surface area (Å²) in [6.45, 7) is 1.74. The number of halogens is 1. The van der Waals surface area contributed by atoms with Crippen LogP contribution in [0.25, 0.3) is 0 Å². The molecule has 3 heterocycles. The molecule has 2 aromatic heterocycles. The molecule has 0 amide bonds. The SMILES string of the molecule is O=C(Cc1ccncc1Cl)c1cn(C2CNC2)nn1. The van der Waals surface area contributed by atoms with Crippen molar-refractivity contribution in [2.45, 2.75) is 12.5 Å². The Morgan fingerprint density at radius 1 is 1.53 bits per heavy atom. The van der Waals surface area contributed by atoms with Gasteiger partial charge >= 0.3 is 0 Å². The van der Waals surface area contributed by atoms with E-state index in [9.17, 15) is 4.79 Å². The molecule has 6 nitrogen and oxygen atoms in total. The molecule has 0 atom stereocenters. The van der Waals surface area contributed by atoms with Crippen molar-refractivity contribution in [1.82, 2.24) is 25.3 Å². The number of nitrogens with one attached hydrogen (secondary N) is 1. The largest absolute Gasteiger partial charge is 0.312 e. The summed E-state index contributed by atoms with van der Waals surface area (Å²) in [6, 6.07) is 2.04. The van der Waals surface area contributed by atoms with Gasteiger partial charge in [0.05, 0.1) is 17.3 Å². The van der Waals surface area contributed by atoms with Crippen molar-refractivity contribution in [2.24, 2.45) is 0 Å². The second-order valence-corrected chi connectivity index (χ2v) is 4.87. The molecule has 2 aromatic rings. The Balaban J connectivity index is 1.73. The van der Waals surface area contributed by atoms with Crippen molar-refractivity contribution in [2.75, 3.05) is 13.1 Å². The van der Waals surface area contributed by atoms with Gasteiger partial charge in [-0.05, 0) is 11.6 Å². The van der Waals surface area contributed by atoms with E-state index in [1.807, 2.05) is 0 Å². The summed E-state index contributed by atoms with van der Waals surface area (Å²) in [4.78, 5) is 16.0. The summed E-state index contributed by atoms with van der Waals surface area (Å²) in [5, 5.41) is 11.5. The van der Waals surface area contributed by atoms with Gasteiger partial charge in [-0.3, -0.25) is 9.78 Å². The van der Waals surface area contributed by atoms with Crippen LogP contribution in [0.2, 0.25) is 5.02 Å². The molecule has 1 saturated heterocycles. The van der Waals surface area contributed by atoms with Gasteiger partial charge in [-0.1, -0.05) is 16.8 Å². The van der Waals surface area contributed by atoms with E-state index in [1.165, 1.54) is 6.20 Å². The predicted molar refractivity (Wildman–Crippen MR) is 69.2 cm³/mol. The lowest BCUT2D eigenvalue weighted by atomic mass is 10.1.